The predicted octanol–water partition coefficient (Wildman–Crippen LogP) is 3.46. The number of carbonyl (C=O) groups is 1. The summed E-state index contributed by atoms with van der Waals surface area (Å²) >= 11 is 0. The number of aliphatic hydroxyl groups is 1. The lowest BCUT2D eigenvalue weighted by Crippen LogP contribution is -2.34. The van der Waals surface area contributed by atoms with Crippen LogP contribution in [-0.4, -0.2) is 37.3 Å². The van der Waals surface area contributed by atoms with Gasteiger partial charge >= 0.3 is 6.03 Å². The molecule has 25 heavy (non-hydrogen) atoms. The fraction of sp³-hybridized carbons (Fsp3) is 0.278. The minimum atomic E-state index is -2.60. The molecule has 1 heterocycles. The van der Waals surface area contributed by atoms with E-state index in [4.69, 9.17) is 4.74 Å². The molecule has 0 saturated heterocycles. The molecule has 0 spiro atoms. The third kappa shape index (κ3) is 3.71. The van der Waals surface area contributed by atoms with Gasteiger partial charge in [0.05, 0.1) is 12.3 Å². The summed E-state index contributed by atoms with van der Waals surface area (Å²) in [5.41, 5.74) is 1.95. The van der Waals surface area contributed by atoms with Crippen molar-refractivity contribution < 1.29 is 23.4 Å². The zero-order valence-corrected chi connectivity index (χ0v) is 13.4. The van der Waals surface area contributed by atoms with E-state index in [9.17, 15) is 18.7 Å². The fourth-order valence-electron chi connectivity index (χ4n) is 2.88. The van der Waals surface area contributed by atoms with Crippen LogP contribution < -0.4 is 15.0 Å². The highest BCUT2D eigenvalue weighted by atomic mass is 19.3. The van der Waals surface area contributed by atoms with Crippen molar-refractivity contribution in [2.75, 3.05) is 30.0 Å². The Bertz CT molecular complexity index is 755. The van der Waals surface area contributed by atoms with Crippen LogP contribution in [0, 0.1) is 0 Å². The predicted molar refractivity (Wildman–Crippen MR) is 90.6 cm³/mol. The lowest BCUT2D eigenvalue weighted by atomic mass is 10.0. The van der Waals surface area contributed by atoms with Crippen molar-refractivity contribution in [3.63, 3.8) is 0 Å². The van der Waals surface area contributed by atoms with Crippen molar-refractivity contribution in [2.24, 2.45) is 0 Å². The summed E-state index contributed by atoms with van der Waals surface area (Å²) in [5, 5.41) is 12.2. The summed E-state index contributed by atoms with van der Waals surface area (Å²) in [5.74, 6) is 0.0367. The minimum Gasteiger partial charge on any atom is -0.485 e. The number of amides is 2. The summed E-state index contributed by atoms with van der Waals surface area (Å²) in [7, 11) is 0. The minimum absolute atomic E-state index is 0.0606. The molecule has 2 aromatic carbocycles. The van der Waals surface area contributed by atoms with Gasteiger partial charge in [0, 0.05) is 18.2 Å². The molecule has 2 N–H and O–H groups in total. The highest BCUT2D eigenvalue weighted by Gasteiger charge is 2.31. The van der Waals surface area contributed by atoms with Crippen molar-refractivity contribution in [1.82, 2.24) is 0 Å². The SMILES string of the molecule is O=C(Nc1ccccc1OCC(F)F)N1CC(CO)c2ccccc21. The molecular formula is C18H18F2N2O3. The molecule has 0 radical (unpaired) electrons. The first-order valence-electron chi connectivity index (χ1n) is 7.88. The van der Waals surface area contributed by atoms with Gasteiger partial charge in [0.25, 0.3) is 6.43 Å². The Balaban J connectivity index is 1.78. The van der Waals surface area contributed by atoms with E-state index in [0.29, 0.717) is 12.2 Å². The Kier molecular flexibility index (Phi) is 5.14. The van der Waals surface area contributed by atoms with Crippen molar-refractivity contribution >= 4 is 17.4 Å². The fourth-order valence-corrected chi connectivity index (χ4v) is 2.88. The molecular weight excluding hydrogens is 330 g/mol. The summed E-state index contributed by atoms with van der Waals surface area (Å²) in [6, 6.07) is 13.4. The van der Waals surface area contributed by atoms with Gasteiger partial charge in [0.15, 0.2) is 0 Å². The average Bonchev–Trinajstić information content (AvgIpc) is 3.00. The Hall–Kier alpha value is -2.67. The van der Waals surface area contributed by atoms with Crippen molar-refractivity contribution in [2.45, 2.75) is 12.3 Å². The maximum absolute atomic E-state index is 12.7. The second-order valence-corrected chi connectivity index (χ2v) is 5.68. The normalized spacial score (nSPS) is 16.0. The van der Waals surface area contributed by atoms with Gasteiger partial charge in [-0.1, -0.05) is 30.3 Å². The number of nitrogens with zero attached hydrogens (tertiary/aromatic N) is 1. The number of rotatable bonds is 5. The summed E-state index contributed by atoms with van der Waals surface area (Å²) in [4.78, 5) is 14.2. The largest absolute Gasteiger partial charge is 0.485 e. The third-order valence-electron chi connectivity index (χ3n) is 4.03. The van der Waals surface area contributed by atoms with Crippen LogP contribution in [0.3, 0.4) is 0 Å². The number of hydrogen-bond donors (Lipinski definition) is 2. The molecule has 3 rings (SSSR count). The number of aliphatic hydroxyl groups excluding tert-OH is 1. The maximum atomic E-state index is 12.7. The summed E-state index contributed by atoms with van der Waals surface area (Å²) < 4.78 is 29.8. The molecule has 1 unspecified atom stereocenters. The van der Waals surface area contributed by atoms with E-state index in [2.05, 4.69) is 5.32 Å². The Morgan fingerprint density at radius 2 is 1.96 bits per heavy atom. The first-order valence-corrected chi connectivity index (χ1v) is 7.88. The topological polar surface area (TPSA) is 61.8 Å². The van der Waals surface area contributed by atoms with Crippen LogP contribution in [-0.2, 0) is 0 Å². The summed E-state index contributed by atoms with van der Waals surface area (Å²) in [6.07, 6.45) is -2.60. The number of urea groups is 1. The van der Waals surface area contributed by atoms with Crippen molar-refractivity contribution in [3.8, 4) is 5.75 Å². The Morgan fingerprint density at radius 3 is 2.72 bits per heavy atom. The average molecular weight is 348 g/mol. The van der Waals surface area contributed by atoms with Gasteiger partial charge in [-0.15, -0.1) is 0 Å². The number of fused-ring (bicyclic) bond motifs is 1. The van der Waals surface area contributed by atoms with Gasteiger partial charge in [-0.25, -0.2) is 13.6 Å². The van der Waals surface area contributed by atoms with Gasteiger partial charge in [0.2, 0.25) is 0 Å². The lowest BCUT2D eigenvalue weighted by molar-refractivity contribution is 0.0823. The van der Waals surface area contributed by atoms with Crippen LogP contribution in [0.25, 0.3) is 0 Å². The molecule has 7 heteroatoms. The van der Waals surface area contributed by atoms with E-state index in [0.717, 1.165) is 11.3 Å². The van der Waals surface area contributed by atoms with Gasteiger partial charge in [0.1, 0.15) is 12.4 Å². The zero-order chi connectivity index (χ0) is 17.8. The van der Waals surface area contributed by atoms with E-state index >= 15 is 0 Å². The first-order chi connectivity index (χ1) is 12.1. The molecule has 1 aliphatic rings. The van der Waals surface area contributed by atoms with Crippen molar-refractivity contribution in [3.05, 3.63) is 54.1 Å². The van der Waals surface area contributed by atoms with Gasteiger partial charge in [-0.05, 0) is 23.8 Å². The molecule has 132 valence electrons. The number of halogens is 2. The molecule has 2 amide bonds. The van der Waals surface area contributed by atoms with Gasteiger partial charge in [-0.3, -0.25) is 4.90 Å². The van der Waals surface area contributed by atoms with E-state index in [1.165, 1.54) is 11.0 Å². The van der Waals surface area contributed by atoms with E-state index in [1.54, 1.807) is 18.2 Å². The zero-order valence-electron chi connectivity index (χ0n) is 13.4. The highest BCUT2D eigenvalue weighted by molar-refractivity contribution is 6.04. The molecule has 2 aromatic rings. The monoisotopic (exact) mass is 348 g/mol. The van der Waals surface area contributed by atoms with E-state index < -0.39 is 19.1 Å². The molecule has 1 aliphatic heterocycles. The number of alkyl halides is 2. The number of hydrogen-bond acceptors (Lipinski definition) is 3. The van der Waals surface area contributed by atoms with Crippen LogP contribution in [0.4, 0.5) is 25.0 Å². The number of para-hydroxylation sites is 3. The molecule has 0 fully saturated rings. The molecule has 0 aromatic heterocycles. The molecule has 1 atom stereocenters. The maximum Gasteiger partial charge on any atom is 0.326 e. The number of benzene rings is 2. The standard InChI is InChI=1S/C18H18F2N2O3/c19-17(20)11-25-16-8-4-2-6-14(16)21-18(24)22-9-12(10-23)13-5-1-3-7-15(13)22/h1-8,12,17,23H,9-11H2,(H,21,24). The molecule has 5 nitrogen and oxygen atoms in total. The highest BCUT2D eigenvalue weighted by Crippen LogP contribution is 2.36. The van der Waals surface area contributed by atoms with Gasteiger partial charge in [-0.2, -0.15) is 0 Å². The molecule has 0 bridgehead atoms. The number of ether oxygens (including phenoxy) is 1. The van der Waals surface area contributed by atoms with Crippen LogP contribution in [0.1, 0.15) is 11.5 Å². The van der Waals surface area contributed by atoms with Crippen molar-refractivity contribution in [1.29, 1.82) is 0 Å². The van der Waals surface area contributed by atoms with Gasteiger partial charge < -0.3 is 15.2 Å². The number of nitrogens with one attached hydrogen (secondary N) is 1. The number of anilines is 2. The Labute approximate surface area is 143 Å². The van der Waals surface area contributed by atoms with Crippen LogP contribution >= 0.6 is 0 Å². The number of carbonyl (C=O) groups excluding carboxylic acids is 1. The first kappa shape index (κ1) is 17.2. The van der Waals surface area contributed by atoms with E-state index in [-0.39, 0.29) is 18.3 Å². The van der Waals surface area contributed by atoms with Crippen LogP contribution in [0.5, 0.6) is 5.75 Å². The lowest BCUT2D eigenvalue weighted by Gasteiger charge is -2.20. The third-order valence-corrected chi connectivity index (χ3v) is 4.03. The smallest absolute Gasteiger partial charge is 0.326 e. The van der Waals surface area contributed by atoms with Crippen LogP contribution in [0.15, 0.2) is 48.5 Å². The Morgan fingerprint density at radius 1 is 1.24 bits per heavy atom. The van der Waals surface area contributed by atoms with E-state index in [1.807, 2.05) is 24.3 Å². The molecule has 0 saturated carbocycles. The second kappa shape index (κ2) is 7.48. The second-order valence-electron chi connectivity index (χ2n) is 5.68. The summed E-state index contributed by atoms with van der Waals surface area (Å²) in [6.45, 7) is -0.456. The van der Waals surface area contributed by atoms with Crippen LogP contribution in [0.2, 0.25) is 0 Å². The quantitative estimate of drug-likeness (QED) is 0.870. The molecule has 0 aliphatic carbocycles.